The molecule has 1 N–H and O–H groups in total. The van der Waals surface area contributed by atoms with Crippen LogP contribution in [0.15, 0.2) is 24.3 Å². The van der Waals surface area contributed by atoms with Crippen LogP contribution in [0.5, 0.6) is 0 Å². The van der Waals surface area contributed by atoms with Crippen LogP contribution in [-0.2, 0) is 17.9 Å². The van der Waals surface area contributed by atoms with Gasteiger partial charge < -0.3 is 9.84 Å². The molecule has 2 rings (SSSR count). The van der Waals surface area contributed by atoms with E-state index in [4.69, 9.17) is 9.84 Å². The average Bonchev–Trinajstić information content (AvgIpc) is 2.42. The molecule has 3 heteroatoms. The summed E-state index contributed by atoms with van der Waals surface area (Å²) in [5.74, 6) is 0.656. The van der Waals surface area contributed by atoms with Gasteiger partial charge in [0.15, 0.2) is 0 Å². The number of nitrogens with zero attached hydrogens (tertiary/aromatic N) is 1. The number of piperidine rings is 1. The third kappa shape index (κ3) is 3.31. The lowest BCUT2D eigenvalue weighted by atomic mass is 9.95. The lowest BCUT2D eigenvalue weighted by molar-refractivity contribution is -0.00745. The standard InChI is InChI=1S/C15H23NO2/c1-12-7-8-16(10-15(12)18-2)9-13-3-5-14(11-17)6-4-13/h3-6,12,15,17H,7-11H2,1-2H3. The first-order valence-corrected chi connectivity index (χ1v) is 6.66. The summed E-state index contributed by atoms with van der Waals surface area (Å²) in [6, 6.07) is 8.20. The van der Waals surface area contributed by atoms with Crippen LogP contribution in [0.1, 0.15) is 24.5 Å². The molecule has 1 heterocycles. The molecule has 2 unspecified atom stereocenters. The molecule has 0 bridgehead atoms. The summed E-state index contributed by atoms with van der Waals surface area (Å²) in [6.45, 7) is 5.51. The zero-order valence-corrected chi connectivity index (χ0v) is 11.3. The first-order valence-electron chi connectivity index (χ1n) is 6.66. The second-order valence-electron chi connectivity index (χ2n) is 5.25. The van der Waals surface area contributed by atoms with Crippen molar-refractivity contribution in [3.63, 3.8) is 0 Å². The van der Waals surface area contributed by atoms with Crippen molar-refractivity contribution in [3.8, 4) is 0 Å². The van der Waals surface area contributed by atoms with Gasteiger partial charge in [-0.3, -0.25) is 4.90 Å². The third-order valence-electron chi connectivity index (χ3n) is 3.89. The van der Waals surface area contributed by atoms with E-state index in [1.807, 2.05) is 12.1 Å². The first-order chi connectivity index (χ1) is 8.72. The topological polar surface area (TPSA) is 32.7 Å². The summed E-state index contributed by atoms with van der Waals surface area (Å²) >= 11 is 0. The van der Waals surface area contributed by atoms with Crippen LogP contribution in [0.4, 0.5) is 0 Å². The first kappa shape index (κ1) is 13.5. The van der Waals surface area contributed by atoms with E-state index >= 15 is 0 Å². The Morgan fingerprint density at radius 3 is 2.56 bits per heavy atom. The number of ether oxygens (including phenoxy) is 1. The van der Waals surface area contributed by atoms with E-state index in [1.54, 1.807) is 7.11 Å². The highest BCUT2D eigenvalue weighted by molar-refractivity contribution is 5.21. The maximum Gasteiger partial charge on any atom is 0.0724 e. The van der Waals surface area contributed by atoms with Crippen LogP contribution >= 0.6 is 0 Å². The predicted octanol–water partition coefficient (Wildman–Crippen LogP) is 2.04. The van der Waals surface area contributed by atoms with E-state index in [-0.39, 0.29) is 6.61 Å². The fourth-order valence-corrected chi connectivity index (χ4v) is 2.56. The van der Waals surface area contributed by atoms with E-state index in [2.05, 4.69) is 24.0 Å². The molecule has 100 valence electrons. The Bertz CT molecular complexity index is 363. The van der Waals surface area contributed by atoms with Gasteiger partial charge in [-0.25, -0.2) is 0 Å². The number of aliphatic hydroxyl groups excluding tert-OH is 1. The minimum Gasteiger partial charge on any atom is -0.392 e. The van der Waals surface area contributed by atoms with E-state index in [1.165, 1.54) is 12.0 Å². The molecule has 0 radical (unpaired) electrons. The Morgan fingerprint density at radius 2 is 1.94 bits per heavy atom. The van der Waals surface area contributed by atoms with E-state index < -0.39 is 0 Å². The second-order valence-corrected chi connectivity index (χ2v) is 5.25. The summed E-state index contributed by atoms with van der Waals surface area (Å²) in [4.78, 5) is 2.45. The zero-order chi connectivity index (χ0) is 13.0. The lowest BCUT2D eigenvalue weighted by Crippen LogP contribution is -2.43. The number of hydrogen-bond donors (Lipinski definition) is 1. The smallest absolute Gasteiger partial charge is 0.0724 e. The van der Waals surface area contributed by atoms with Crippen molar-refractivity contribution in [3.05, 3.63) is 35.4 Å². The summed E-state index contributed by atoms with van der Waals surface area (Å²) in [5, 5.41) is 9.02. The Kier molecular flexibility index (Phi) is 4.75. The van der Waals surface area contributed by atoms with Gasteiger partial charge in [0, 0.05) is 20.2 Å². The summed E-state index contributed by atoms with van der Waals surface area (Å²) in [7, 11) is 1.81. The van der Waals surface area contributed by atoms with Crippen LogP contribution in [0.25, 0.3) is 0 Å². The molecule has 1 aromatic carbocycles. The highest BCUT2D eigenvalue weighted by atomic mass is 16.5. The quantitative estimate of drug-likeness (QED) is 0.886. The van der Waals surface area contributed by atoms with Crippen molar-refractivity contribution in [1.82, 2.24) is 4.90 Å². The molecule has 18 heavy (non-hydrogen) atoms. The summed E-state index contributed by atoms with van der Waals surface area (Å²) in [5.41, 5.74) is 2.28. The zero-order valence-electron chi connectivity index (χ0n) is 11.3. The van der Waals surface area contributed by atoms with Crippen molar-refractivity contribution in [1.29, 1.82) is 0 Å². The Balaban J connectivity index is 1.92. The molecular formula is C15H23NO2. The molecule has 1 saturated heterocycles. The van der Waals surface area contributed by atoms with Crippen LogP contribution in [-0.4, -0.2) is 36.3 Å². The van der Waals surface area contributed by atoms with Crippen LogP contribution in [0, 0.1) is 5.92 Å². The molecule has 2 atom stereocenters. The number of likely N-dealkylation sites (tertiary alicyclic amines) is 1. The minimum atomic E-state index is 0.118. The molecule has 1 fully saturated rings. The summed E-state index contributed by atoms with van der Waals surface area (Å²) in [6.07, 6.45) is 1.56. The Hall–Kier alpha value is -0.900. The molecule has 0 amide bonds. The van der Waals surface area contributed by atoms with Gasteiger partial charge in [0.1, 0.15) is 0 Å². The van der Waals surface area contributed by atoms with Crippen LogP contribution in [0.3, 0.4) is 0 Å². The van der Waals surface area contributed by atoms with Crippen molar-refractivity contribution < 1.29 is 9.84 Å². The van der Waals surface area contributed by atoms with Gasteiger partial charge in [0.2, 0.25) is 0 Å². The third-order valence-corrected chi connectivity index (χ3v) is 3.89. The molecule has 0 aromatic heterocycles. The van der Waals surface area contributed by atoms with E-state index in [0.717, 1.165) is 25.2 Å². The number of methoxy groups -OCH3 is 1. The van der Waals surface area contributed by atoms with Gasteiger partial charge in [-0.2, -0.15) is 0 Å². The summed E-state index contributed by atoms with van der Waals surface area (Å²) < 4.78 is 5.53. The van der Waals surface area contributed by atoms with E-state index in [9.17, 15) is 0 Å². The monoisotopic (exact) mass is 249 g/mol. The van der Waals surface area contributed by atoms with Crippen molar-refractivity contribution in [2.75, 3.05) is 20.2 Å². The Morgan fingerprint density at radius 1 is 1.28 bits per heavy atom. The molecule has 0 saturated carbocycles. The predicted molar refractivity (Wildman–Crippen MR) is 72.2 cm³/mol. The highest BCUT2D eigenvalue weighted by Gasteiger charge is 2.25. The SMILES string of the molecule is COC1CN(Cc2ccc(CO)cc2)CCC1C. The number of aliphatic hydroxyl groups is 1. The van der Waals surface area contributed by atoms with Gasteiger partial charge in [-0.15, -0.1) is 0 Å². The van der Waals surface area contributed by atoms with Gasteiger partial charge in [0.25, 0.3) is 0 Å². The van der Waals surface area contributed by atoms with Crippen molar-refractivity contribution >= 4 is 0 Å². The van der Waals surface area contributed by atoms with Gasteiger partial charge in [0.05, 0.1) is 12.7 Å². The fourth-order valence-electron chi connectivity index (χ4n) is 2.56. The van der Waals surface area contributed by atoms with Gasteiger partial charge in [-0.05, 0) is 30.0 Å². The number of rotatable bonds is 4. The molecule has 1 aliphatic heterocycles. The van der Waals surface area contributed by atoms with Crippen molar-refractivity contribution in [2.45, 2.75) is 32.6 Å². The number of benzene rings is 1. The minimum absolute atomic E-state index is 0.118. The molecule has 0 spiro atoms. The van der Waals surface area contributed by atoms with E-state index in [0.29, 0.717) is 12.0 Å². The van der Waals surface area contributed by atoms with Gasteiger partial charge in [-0.1, -0.05) is 31.2 Å². The lowest BCUT2D eigenvalue weighted by Gasteiger charge is -2.36. The molecule has 1 aromatic rings. The normalized spacial score (nSPS) is 25.3. The van der Waals surface area contributed by atoms with Crippen LogP contribution in [0.2, 0.25) is 0 Å². The average molecular weight is 249 g/mol. The van der Waals surface area contributed by atoms with Crippen LogP contribution < -0.4 is 0 Å². The Labute approximate surface area is 109 Å². The molecular weight excluding hydrogens is 226 g/mol. The maximum absolute atomic E-state index is 9.02. The second kappa shape index (κ2) is 6.32. The van der Waals surface area contributed by atoms with Crippen molar-refractivity contribution in [2.24, 2.45) is 5.92 Å². The largest absolute Gasteiger partial charge is 0.392 e. The van der Waals surface area contributed by atoms with Gasteiger partial charge >= 0.3 is 0 Å². The number of hydrogen-bond acceptors (Lipinski definition) is 3. The molecule has 3 nitrogen and oxygen atoms in total. The highest BCUT2D eigenvalue weighted by Crippen LogP contribution is 2.21. The molecule has 1 aliphatic rings. The molecule has 0 aliphatic carbocycles. The maximum atomic E-state index is 9.02. The fraction of sp³-hybridized carbons (Fsp3) is 0.600.